The molecule has 0 saturated heterocycles. The second kappa shape index (κ2) is 7.80. The van der Waals surface area contributed by atoms with E-state index in [9.17, 15) is 13.2 Å². The van der Waals surface area contributed by atoms with Crippen molar-refractivity contribution in [2.24, 2.45) is 0 Å². The smallest absolute Gasteiger partial charge is 0.341 e. The SMILES string of the molecule is C=CCN(CCC)S(=O)(=O)c1ccc(OCC(=O)O)cc1. The summed E-state index contributed by atoms with van der Waals surface area (Å²) >= 11 is 0. The Bertz CT molecular complexity index is 580. The highest BCUT2D eigenvalue weighted by Gasteiger charge is 2.22. The molecule has 1 N–H and O–H groups in total. The fourth-order valence-corrected chi connectivity index (χ4v) is 3.21. The van der Waals surface area contributed by atoms with Gasteiger partial charge in [-0.2, -0.15) is 4.31 Å². The molecule has 0 heterocycles. The Morgan fingerprint density at radius 1 is 1.38 bits per heavy atom. The van der Waals surface area contributed by atoms with Crippen molar-refractivity contribution in [3.8, 4) is 5.75 Å². The van der Waals surface area contributed by atoms with Crippen LogP contribution in [0.25, 0.3) is 0 Å². The van der Waals surface area contributed by atoms with Crippen molar-refractivity contribution < 1.29 is 23.1 Å². The lowest BCUT2D eigenvalue weighted by Gasteiger charge is -2.20. The fraction of sp³-hybridized carbons (Fsp3) is 0.357. The number of carboxylic acids is 1. The van der Waals surface area contributed by atoms with Crippen molar-refractivity contribution >= 4 is 16.0 Å². The maximum Gasteiger partial charge on any atom is 0.341 e. The Hall–Kier alpha value is -1.86. The Balaban J connectivity index is 2.92. The molecule has 0 radical (unpaired) electrons. The van der Waals surface area contributed by atoms with Crippen molar-refractivity contribution in [3.05, 3.63) is 36.9 Å². The third-order valence-electron chi connectivity index (χ3n) is 2.63. The number of sulfonamides is 1. The first kappa shape index (κ1) is 17.2. The van der Waals surface area contributed by atoms with Crippen molar-refractivity contribution in [2.75, 3.05) is 19.7 Å². The lowest BCUT2D eigenvalue weighted by Crippen LogP contribution is -2.31. The van der Waals surface area contributed by atoms with Gasteiger partial charge in [0.25, 0.3) is 0 Å². The average Bonchev–Trinajstić information content (AvgIpc) is 2.45. The number of carboxylic acid groups (broad SMARTS) is 1. The highest BCUT2D eigenvalue weighted by atomic mass is 32.2. The molecule has 0 aliphatic rings. The zero-order valence-corrected chi connectivity index (χ0v) is 12.7. The van der Waals surface area contributed by atoms with E-state index >= 15 is 0 Å². The van der Waals surface area contributed by atoms with Gasteiger partial charge in [0.05, 0.1) is 4.90 Å². The molecule has 0 fully saturated rings. The summed E-state index contributed by atoms with van der Waals surface area (Å²) in [5.41, 5.74) is 0. The molecule has 0 aromatic heterocycles. The van der Waals surface area contributed by atoms with E-state index in [4.69, 9.17) is 9.84 Å². The molecule has 0 spiro atoms. The minimum absolute atomic E-state index is 0.139. The Labute approximate surface area is 124 Å². The van der Waals surface area contributed by atoms with Crippen LogP contribution >= 0.6 is 0 Å². The van der Waals surface area contributed by atoms with Gasteiger partial charge in [0.15, 0.2) is 6.61 Å². The molecular weight excluding hydrogens is 294 g/mol. The molecule has 0 saturated carbocycles. The summed E-state index contributed by atoms with van der Waals surface area (Å²) in [6.07, 6.45) is 2.24. The van der Waals surface area contributed by atoms with Gasteiger partial charge in [-0.3, -0.25) is 0 Å². The summed E-state index contributed by atoms with van der Waals surface area (Å²) in [7, 11) is -3.58. The van der Waals surface area contributed by atoms with Crippen LogP contribution in [0.5, 0.6) is 5.75 Å². The van der Waals surface area contributed by atoms with Crippen LogP contribution in [0.1, 0.15) is 13.3 Å². The van der Waals surface area contributed by atoms with Gasteiger partial charge >= 0.3 is 5.97 Å². The maximum atomic E-state index is 12.4. The van der Waals surface area contributed by atoms with E-state index < -0.39 is 22.6 Å². The first-order valence-electron chi connectivity index (χ1n) is 6.47. The summed E-state index contributed by atoms with van der Waals surface area (Å²) in [5.74, 6) is -0.783. The Morgan fingerprint density at radius 2 is 2.00 bits per heavy atom. The number of ether oxygens (including phenoxy) is 1. The molecule has 116 valence electrons. The lowest BCUT2D eigenvalue weighted by molar-refractivity contribution is -0.139. The van der Waals surface area contributed by atoms with Crippen molar-refractivity contribution in [1.82, 2.24) is 4.31 Å². The zero-order chi connectivity index (χ0) is 15.9. The molecular formula is C14H19NO5S. The van der Waals surface area contributed by atoms with Crippen LogP contribution in [-0.4, -0.2) is 43.5 Å². The number of benzene rings is 1. The quantitative estimate of drug-likeness (QED) is 0.702. The van der Waals surface area contributed by atoms with Crippen LogP contribution in [0.4, 0.5) is 0 Å². The van der Waals surface area contributed by atoms with Crippen LogP contribution in [0.15, 0.2) is 41.8 Å². The number of aliphatic carboxylic acids is 1. The van der Waals surface area contributed by atoms with Crippen LogP contribution in [-0.2, 0) is 14.8 Å². The summed E-state index contributed by atoms with van der Waals surface area (Å²) in [5, 5.41) is 8.51. The Kier molecular flexibility index (Phi) is 6.39. The summed E-state index contributed by atoms with van der Waals surface area (Å²) < 4.78 is 31.2. The molecule has 1 aromatic rings. The average molecular weight is 313 g/mol. The molecule has 0 aliphatic carbocycles. The Morgan fingerprint density at radius 3 is 2.48 bits per heavy atom. The predicted octanol–water partition coefficient (Wildman–Crippen LogP) is 1.74. The zero-order valence-electron chi connectivity index (χ0n) is 11.9. The van der Waals surface area contributed by atoms with Crippen molar-refractivity contribution in [2.45, 2.75) is 18.2 Å². The topological polar surface area (TPSA) is 83.9 Å². The molecule has 0 bridgehead atoms. The van der Waals surface area contributed by atoms with Crippen LogP contribution in [0.2, 0.25) is 0 Å². The first-order valence-corrected chi connectivity index (χ1v) is 7.91. The minimum atomic E-state index is -3.58. The molecule has 0 aliphatic heterocycles. The van der Waals surface area contributed by atoms with E-state index in [2.05, 4.69) is 6.58 Å². The predicted molar refractivity (Wildman–Crippen MR) is 78.8 cm³/mol. The largest absolute Gasteiger partial charge is 0.482 e. The van der Waals surface area contributed by atoms with Crippen LogP contribution in [0.3, 0.4) is 0 Å². The molecule has 0 amide bonds. The maximum absolute atomic E-state index is 12.4. The normalized spacial score (nSPS) is 11.3. The molecule has 1 aromatic carbocycles. The molecule has 21 heavy (non-hydrogen) atoms. The van der Waals surface area contributed by atoms with Crippen molar-refractivity contribution in [1.29, 1.82) is 0 Å². The van der Waals surface area contributed by atoms with Gasteiger partial charge in [0, 0.05) is 13.1 Å². The number of hydrogen-bond acceptors (Lipinski definition) is 4. The number of carbonyl (C=O) groups is 1. The van der Waals surface area contributed by atoms with Crippen LogP contribution in [0, 0.1) is 0 Å². The van der Waals surface area contributed by atoms with Crippen LogP contribution < -0.4 is 4.74 Å². The molecule has 1 rings (SSSR count). The highest BCUT2D eigenvalue weighted by molar-refractivity contribution is 7.89. The third kappa shape index (κ3) is 4.87. The van der Waals surface area contributed by atoms with Gasteiger partial charge in [0.2, 0.25) is 10.0 Å². The van der Waals surface area contributed by atoms with Gasteiger partial charge in [-0.25, -0.2) is 13.2 Å². The lowest BCUT2D eigenvalue weighted by atomic mass is 10.3. The molecule has 7 heteroatoms. The fourth-order valence-electron chi connectivity index (χ4n) is 1.70. The van der Waals surface area contributed by atoms with Gasteiger partial charge in [-0.05, 0) is 30.7 Å². The van der Waals surface area contributed by atoms with E-state index in [-0.39, 0.29) is 11.4 Å². The standard InChI is InChI=1S/C14H19NO5S/c1-3-9-15(10-4-2)21(18,19)13-7-5-12(6-8-13)20-11-14(16)17/h3,5-8H,1,4,9-11H2,2H3,(H,16,17). The number of hydrogen-bond donors (Lipinski definition) is 1. The summed E-state index contributed by atoms with van der Waals surface area (Å²) in [4.78, 5) is 10.5. The second-order valence-electron chi connectivity index (χ2n) is 4.31. The number of nitrogens with zero attached hydrogens (tertiary/aromatic N) is 1. The third-order valence-corrected chi connectivity index (χ3v) is 4.51. The van der Waals surface area contributed by atoms with E-state index in [1.54, 1.807) is 0 Å². The van der Waals surface area contributed by atoms with E-state index in [0.29, 0.717) is 18.7 Å². The highest BCUT2D eigenvalue weighted by Crippen LogP contribution is 2.20. The second-order valence-corrected chi connectivity index (χ2v) is 6.24. The monoisotopic (exact) mass is 313 g/mol. The first-order chi connectivity index (χ1) is 9.91. The van der Waals surface area contributed by atoms with E-state index in [0.717, 1.165) is 0 Å². The molecule has 6 nitrogen and oxygen atoms in total. The van der Waals surface area contributed by atoms with Crippen molar-refractivity contribution in [3.63, 3.8) is 0 Å². The summed E-state index contributed by atoms with van der Waals surface area (Å²) in [6, 6.07) is 5.68. The van der Waals surface area contributed by atoms with E-state index in [1.165, 1.54) is 34.6 Å². The minimum Gasteiger partial charge on any atom is -0.482 e. The molecule has 0 unspecified atom stereocenters. The van der Waals surface area contributed by atoms with Gasteiger partial charge < -0.3 is 9.84 Å². The molecule has 0 atom stereocenters. The number of rotatable bonds is 9. The summed E-state index contributed by atoms with van der Waals surface area (Å²) in [6.45, 7) is 5.64. The van der Waals surface area contributed by atoms with E-state index in [1.807, 2.05) is 6.92 Å². The van der Waals surface area contributed by atoms with Gasteiger partial charge in [-0.15, -0.1) is 6.58 Å². The van der Waals surface area contributed by atoms with Gasteiger partial charge in [-0.1, -0.05) is 13.0 Å². The van der Waals surface area contributed by atoms with Gasteiger partial charge in [0.1, 0.15) is 5.75 Å².